The lowest BCUT2D eigenvalue weighted by atomic mass is 10.1. The predicted molar refractivity (Wildman–Crippen MR) is 89.9 cm³/mol. The van der Waals surface area contributed by atoms with E-state index in [0.717, 1.165) is 17.9 Å². The van der Waals surface area contributed by atoms with Gasteiger partial charge in [0.25, 0.3) is 0 Å². The molecule has 2 rings (SSSR count). The Morgan fingerprint density at radius 3 is 2.29 bits per heavy atom. The molecule has 0 fully saturated rings. The van der Waals surface area contributed by atoms with Crippen LogP contribution in [0.15, 0.2) is 54.6 Å². The number of rotatable bonds is 7. The normalized spacial score (nSPS) is 12.0. The van der Waals surface area contributed by atoms with E-state index in [4.69, 9.17) is 5.11 Å². The second-order valence-electron chi connectivity index (χ2n) is 5.13. The van der Waals surface area contributed by atoms with E-state index < -0.39 is 0 Å². The minimum Gasteiger partial charge on any atom is -0.395 e. The van der Waals surface area contributed by atoms with E-state index in [9.17, 15) is 0 Å². The number of hydrogen-bond donors (Lipinski definition) is 2. The number of aliphatic hydroxyl groups is 1. The van der Waals surface area contributed by atoms with Crippen molar-refractivity contribution in [3.63, 3.8) is 0 Å². The van der Waals surface area contributed by atoms with Gasteiger partial charge in [0, 0.05) is 30.5 Å². The Morgan fingerprint density at radius 2 is 1.71 bits per heavy atom. The highest BCUT2D eigenvalue weighted by Crippen LogP contribution is 2.22. The second kappa shape index (κ2) is 7.70. The van der Waals surface area contributed by atoms with Gasteiger partial charge in [0.05, 0.1) is 6.61 Å². The van der Waals surface area contributed by atoms with E-state index in [0.29, 0.717) is 6.54 Å². The smallest absolute Gasteiger partial charge is 0.0606 e. The van der Waals surface area contributed by atoms with Gasteiger partial charge >= 0.3 is 0 Å². The molecule has 21 heavy (non-hydrogen) atoms. The van der Waals surface area contributed by atoms with Gasteiger partial charge in [-0.05, 0) is 43.7 Å². The summed E-state index contributed by atoms with van der Waals surface area (Å²) < 4.78 is 0. The van der Waals surface area contributed by atoms with E-state index in [1.165, 1.54) is 5.56 Å². The summed E-state index contributed by atoms with van der Waals surface area (Å²) in [7, 11) is 0. The van der Waals surface area contributed by atoms with E-state index in [1.54, 1.807) is 0 Å². The van der Waals surface area contributed by atoms with Gasteiger partial charge in [0.15, 0.2) is 0 Å². The van der Waals surface area contributed by atoms with Crippen molar-refractivity contribution < 1.29 is 5.11 Å². The van der Waals surface area contributed by atoms with Crippen molar-refractivity contribution in [3.05, 3.63) is 60.2 Å². The molecule has 0 aliphatic carbocycles. The number of likely N-dealkylation sites (N-methyl/N-ethyl adjacent to an activating group) is 1. The highest BCUT2D eigenvalue weighted by atomic mass is 16.3. The summed E-state index contributed by atoms with van der Waals surface area (Å²) in [5.41, 5.74) is 3.52. The Morgan fingerprint density at radius 1 is 1.05 bits per heavy atom. The van der Waals surface area contributed by atoms with Crippen LogP contribution in [0.1, 0.15) is 25.5 Å². The third kappa shape index (κ3) is 4.23. The molecule has 0 radical (unpaired) electrons. The van der Waals surface area contributed by atoms with Crippen LogP contribution in [-0.4, -0.2) is 24.8 Å². The number of hydrogen-bond acceptors (Lipinski definition) is 3. The summed E-state index contributed by atoms with van der Waals surface area (Å²) in [4.78, 5) is 2.16. The standard InChI is InChI=1S/C18H24N2O/c1-3-20(13-14-21)18-11-9-17(10-12-18)19-15(2)16-7-5-4-6-8-16/h4-12,15,19,21H,3,13-14H2,1-2H3. The van der Waals surface area contributed by atoms with Crippen molar-refractivity contribution in [2.45, 2.75) is 19.9 Å². The molecular formula is C18H24N2O. The molecule has 1 atom stereocenters. The number of nitrogens with one attached hydrogen (secondary N) is 1. The predicted octanol–water partition coefficient (Wildman–Crippen LogP) is 3.68. The van der Waals surface area contributed by atoms with Crippen molar-refractivity contribution >= 4 is 11.4 Å². The molecule has 0 bridgehead atoms. The summed E-state index contributed by atoms with van der Waals surface area (Å²) in [5, 5.41) is 12.6. The first-order valence-corrected chi connectivity index (χ1v) is 7.52. The molecule has 112 valence electrons. The first-order chi connectivity index (χ1) is 10.2. The van der Waals surface area contributed by atoms with Gasteiger partial charge < -0.3 is 15.3 Å². The third-order valence-electron chi connectivity index (χ3n) is 3.67. The van der Waals surface area contributed by atoms with Crippen LogP contribution in [0, 0.1) is 0 Å². The number of nitrogens with zero attached hydrogens (tertiary/aromatic N) is 1. The number of benzene rings is 2. The van der Waals surface area contributed by atoms with Gasteiger partial charge in [-0.2, -0.15) is 0 Å². The Kier molecular flexibility index (Phi) is 5.64. The lowest BCUT2D eigenvalue weighted by Gasteiger charge is -2.23. The van der Waals surface area contributed by atoms with Crippen molar-refractivity contribution in [3.8, 4) is 0 Å². The maximum absolute atomic E-state index is 9.07. The largest absolute Gasteiger partial charge is 0.395 e. The Hall–Kier alpha value is -2.00. The van der Waals surface area contributed by atoms with E-state index in [1.807, 2.05) is 6.07 Å². The number of aliphatic hydroxyl groups excluding tert-OH is 1. The third-order valence-corrected chi connectivity index (χ3v) is 3.67. The molecule has 0 heterocycles. The van der Waals surface area contributed by atoms with Gasteiger partial charge in [-0.1, -0.05) is 30.3 Å². The number of anilines is 2. The van der Waals surface area contributed by atoms with Crippen molar-refractivity contribution in [1.82, 2.24) is 0 Å². The summed E-state index contributed by atoms with van der Waals surface area (Å²) in [6.45, 7) is 6.00. The topological polar surface area (TPSA) is 35.5 Å². The average molecular weight is 284 g/mol. The van der Waals surface area contributed by atoms with Crippen LogP contribution in [-0.2, 0) is 0 Å². The summed E-state index contributed by atoms with van der Waals surface area (Å²) in [6.07, 6.45) is 0. The van der Waals surface area contributed by atoms with E-state index >= 15 is 0 Å². The van der Waals surface area contributed by atoms with Crippen LogP contribution in [0.2, 0.25) is 0 Å². The van der Waals surface area contributed by atoms with Gasteiger partial charge in [0.2, 0.25) is 0 Å². The van der Waals surface area contributed by atoms with Gasteiger partial charge in [-0.3, -0.25) is 0 Å². The molecule has 3 nitrogen and oxygen atoms in total. The molecule has 2 aromatic carbocycles. The Balaban J connectivity index is 2.02. The molecule has 2 aromatic rings. The Bertz CT molecular complexity index is 525. The molecule has 0 aliphatic heterocycles. The zero-order chi connectivity index (χ0) is 15.1. The molecule has 0 amide bonds. The second-order valence-corrected chi connectivity index (χ2v) is 5.13. The molecule has 1 unspecified atom stereocenters. The minimum atomic E-state index is 0.179. The van der Waals surface area contributed by atoms with Gasteiger partial charge in [0.1, 0.15) is 0 Å². The van der Waals surface area contributed by atoms with Gasteiger partial charge in [-0.25, -0.2) is 0 Å². The van der Waals surface area contributed by atoms with Crippen LogP contribution in [0.5, 0.6) is 0 Å². The molecular weight excluding hydrogens is 260 g/mol. The molecule has 3 heteroatoms. The van der Waals surface area contributed by atoms with Crippen LogP contribution < -0.4 is 10.2 Å². The summed E-state index contributed by atoms with van der Waals surface area (Å²) >= 11 is 0. The molecule has 0 aliphatic rings. The molecule has 0 saturated carbocycles. The first kappa shape index (κ1) is 15.4. The van der Waals surface area contributed by atoms with Crippen LogP contribution >= 0.6 is 0 Å². The van der Waals surface area contributed by atoms with Crippen LogP contribution in [0.25, 0.3) is 0 Å². The maximum atomic E-state index is 9.07. The van der Waals surface area contributed by atoms with Crippen LogP contribution in [0.4, 0.5) is 11.4 Å². The SMILES string of the molecule is CCN(CCO)c1ccc(NC(C)c2ccccc2)cc1. The summed E-state index contributed by atoms with van der Waals surface area (Å²) in [6, 6.07) is 19.1. The maximum Gasteiger partial charge on any atom is 0.0606 e. The highest BCUT2D eigenvalue weighted by Gasteiger charge is 2.06. The first-order valence-electron chi connectivity index (χ1n) is 7.52. The lowest BCUT2D eigenvalue weighted by molar-refractivity contribution is 0.302. The van der Waals surface area contributed by atoms with E-state index in [-0.39, 0.29) is 12.6 Å². The molecule has 0 spiro atoms. The molecule has 0 aromatic heterocycles. The Labute approximate surface area is 127 Å². The fourth-order valence-corrected chi connectivity index (χ4v) is 2.43. The molecule has 0 saturated heterocycles. The minimum absolute atomic E-state index is 0.179. The van der Waals surface area contributed by atoms with Crippen molar-refractivity contribution in [1.29, 1.82) is 0 Å². The zero-order valence-corrected chi connectivity index (χ0v) is 12.8. The molecule has 2 N–H and O–H groups in total. The quantitative estimate of drug-likeness (QED) is 0.814. The van der Waals surface area contributed by atoms with Crippen molar-refractivity contribution in [2.24, 2.45) is 0 Å². The van der Waals surface area contributed by atoms with Crippen LogP contribution in [0.3, 0.4) is 0 Å². The lowest BCUT2D eigenvalue weighted by Crippen LogP contribution is -2.25. The monoisotopic (exact) mass is 284 g/mol. The summed E-state index contributed by atoms with van der Waals surface area (Å²) in [5.74, 6) is 0. The zero-order valence-electron chi connectivity index (χ0n) is 12.8. The fraction of sp³-hybridized carbons (Fsp3) is 0.333. The highest BCUT2D eigenvalue weighted by molar-refractivity contribution is 5.55. The van der Waals surface area contributed by atoms with Crippen molar-refractivity contribution in [2.75, 3.05) is 29.9 Å². The van der Waals surface area contributed by atoms with Gasteiger partial charge in [-0.15, -0.1) is 0 Å². The van der Waals surface area contributed by atoms with E-state index in [2.05, 4.69) is 72.6 Å². The average Bonchev–Trinajstić information content (AvgIpc) is 2.54. The fourth-order valence-electron chi connectivity index (χ4n) is 2.43.